The zero-order valence-electron chi connectivity index (χ0n) is 15.9. The van der Waals surface area contributed by atoms with E-state index < -0.39 is 0 Å². The minimum Gasteiger partial charge on any atom is -0.497 e. The summed E-state index contributed by atoms with van der Waals surface area (Å²) in [5.41, 5.74) is 2.89. The van der Waals surface area contributed by atoms with Gasteiger partial charge in [0.25, 0.3) is 0 Å². The Bertz CT molecular complexity index is 914. The Morgan fingerprint density at radius 2 is 1.75 bits per heavy atom. The van der Waals surface area contributed by atoms with E-state index in [1.54, 1.807) is 7.11 Å². The molecule has 3 aromatic rings. The summed E-state index contributed by atoms with van der Waals surface area (Å²) in [5, 5.41) is 4.09. The van der Waals surface area contributed by atoms with Crippen LogP contribution in [0.4, 0.5) is 5.69 Å². The normalized spacial score (nSPS) is 14.2. The molecule has 1 aliphatic rings. The quantitative estimate of drug-likeness (QED) is 0.683. The monoisotopic (exact) mass is 377 g/mol. The lowest BCUT2D eigenvalue weighted by atomic mass is 10.1. The van der Waals surface area contributed by atoms with Crippen molar-refractivity contribution in [3.05, 3.63) is 66.4 Å². The van der Waals surface area contributed by atoms with E-state index in [9.17, 15) is 4.79 Å². The van der Waals surface area contributed by atoms with E-state index in [1.807, 2.05) is 53.4 Å². The maximum atomic E-state index is 12.6. The SMILES string of the molecule is COc1ccc(N2CCN(C(=O)Cc3cc(-c4ccccc4)no3)CC2)cc1. The zero-order chi connectivity index (χ0) is 19.3. The highest BCUT2D eigenvalue weighted by atomic mass is 16.5. The summed E-state index contributed by atoms with van der Waals surface area (Å²) in [6, 6.07) is 19.7. The number of benzene rings is 2. The third-order valence-corrected chi connectivity index (χ3v) is 5.02. The summed E-state index contributed by atoms with van der Waals surface area (Å²) in [4.78, 5) is 16.8. The number of rotatable bonds is 5. The van der Waals surface area contributed by atoms with Crippen molar-refractivity contribution in [3.63, 3.8) is 0 Å². The molecule has 0 unspecified atom stereocenters. The topological polar surface area (TPSA) is 58.8 Å². The molecule has 1 aliphatic heterocycles. The first-order valence-corrected chi connectivity index (χ1v) is 9.41. The molecule has 144 valence electrons. The first kappa shape index (κ1) is 18.1. The van der Waals surface area contributed by atoms with Crippen LogP contribution in [0.3, 0.4) is 0 Å². The van der Waals surface area contributed by atoms with E-state index in [1.165, 1.54) is 0 Å². The molecule has 0 spiro atoms. The summed E-state index contributed by atoms with van der Waals surface area (Å²) in [7, 11) is 1.66. The average Bonchev–Trinajstić information content (AvgIpc) is 3.23. The van der Waals surface area contributed by atoms with Crippen molar-refractivity contribution < 1.29 is 14.1 Å². The van der Waals surface area contributed by atoms with Gasteiger partial charge in [0.05, 0.1) is 13.5 Å². The van der Waals surface area contributed by atoms with Crippen molar-refractivity contribution in [3.8, 4) is 17.0 Å². The molecule has 28 heavy (non-hydrogen) atoms. The molecule has 6 nitrogen and oxygen atoms in total. The second-order valence-electron chi connectivity index (χ2n) is 6.79. The van der Waals surface area contributed by atoms with Crippen molar-refractivity contribution in [2.75, 3.05) is 38.2 Å². The Morgan fingerprint density at radius 3 is 2.43 bits per heavy atom. The number of aromatic nitrogens is 1. The molecule has 0 aliphatic carbocycles. The molecule has 0 N–H and O–H groups in total. The molecule has 1 aromatic heterocycles. The number of amides is 1. The van der Waals surface area contributed by atoms with Gasteiger partial charge in [-0.05, 0) is 24.3 Å². The Morgan fingerprint density at radius 1 is 1.04 bits per heavy atom. The van der Waals surface area contributed by atoms with Gasteiger partial charge in [-0.3, -0.25) is 4.79 Å². The summed E-state index contributed by atoms with van der Waals surface area (Å²) in [6.45, 7) is 3.02. The molecule has 1 fully saturated rings. The van der Waals surface area contributed by atoms with Crippen LogP contribution in [0.2, 0.25) is 0 Å². The second-order valence-corrected chi connectivity index (χ2v) is 6.79. The highest BCUT2D eigenvalue weighted by Crippen LogP contribution is 2.22. The van der Waals surface area contributed by atoms with Crippen LogP contribution in [0.25, 0.3) is 11.3 Å². The fourth-order valence-electron chi connectivity index (χ4n) is 3.41. The standard InChI is InChI=1S/C22H23N3O3/c1-27-19-9-7-18(8-10-19)24-11-13-25(14-12-24)22(26)16-20-15-21(23-28-20)17-5-3-2-4-6-17/h2-10,15H,11-14,16H2,1H3. The molecule has 1 amide bonds. The summed E-state index contributed by atoms with van der Waals surface area (Å²) >= 11 is 0. The molecule has 1 saturated heterocycles. The minimum absolute atomic E-state index is 0.0742. The highest BCUT2D eigenvalue weighted by Gasteiger charge is 2.22. The minimum atomic E-state index is 0.0742. The fraction of sp³-hybridized carbons (Fsp3) is 0.273. The molecule has 0 bridgehead atoms. The van der Waals surface area contributed by atoms with Gasteiger partial charge in [-0.2, -0.15) is 0 Å². The average molecular weight is 377 g/mol. The second kappa shape index (κ2) is 8.17. The van der Waals surface area contributed by atoms with Crippen molar-refractivity contribution in [2.45, 2.75) is 6.42 Å². The molecule has 4 rings (SSSR count). The van der Waals surface area contributed by atoms with E-state index in [0.29, 0.717) is 18.8 Å². The predicted octanol–water partition coefficient (Wildman–Crippen LogP) is 3.24. The molecular weight excluding hydrogens is 354 g/mol. The first-order chi connectivity index (χ1) is 13.7. The maximum Gasteiger partial charge on any atom is 0.230 e. The number of hydrogen-bond acceptors (Lipinski definition) is 5. The van der Waals surface area contributed by atoms with Gasteiger partial charge in [0.1, 0.15) is 17.2 Å². The molecular formula is C22H23N3O3. The third-order valence-electron chi connectivity index (χ3n) is 5.02. The lowest BCUT2D eigenvalue weighted by Crippen LogP contribution is -2.49. The van der Waals surface area contributed by atoms with Crippen molar-refractivity contribution in [1.29, 1.82) is 0 Å². The molecule has 0 radical (unpaired) electrons. The van der Waals surface area contributed by atoms with Crippen LogP contribution in [0.15, 0.2) is 65.2 Å². The van der Waals surface area contributed by atoms with Crippen LogP contribution >= 0.6 is 0 Å². The van der Waals surface area contributed by atoms with Gasteiger partial charge in [-0.1, -0.05) is 35.5 Å². The third kappa shape index (κ3) is 4.01. The van der Waals surface area contributed by atoms with Crippen LogP contribution in [-0.2, 0) is 11.2 Å². The van der Waals surface area contributed by atoms with Gasteiger partial charge in [-0.15, -0.1) is 0 Å². The summed E-state index contributed by atoms with van der Waals surface area (Å²) in [5.74, 6) is 1.52. The Labute approximate surface area is 164 Å². The fourth-order valence-corrected chi connectivity index (χ4v) is 3.41. The number of piperazine rings is 1. The zero-order valence-corrected chi connectivity index (χ0v) is 15.9. The van der Waals surface area contributed by atoms with Crippen molar-refractivity contribution in [1.82, 2.24) is 10.1 Å². The van der Waals surface area contributed by atoms with Crippen LogP contribution in [0, 0.1) is 0 Å². The van der Waals surface area contributed by atoms with Gasteiger partial charge < -0.3 is 19.1 Å². The van der Waals surface area contributed by atoms with Crippen molar-refractivity contribution >= 4 is 11.6 Å². The number of anilines is 1. The van der Waals surface area contributed by atoms with E-state index in [4.69, 9.17) is 9.26 Å². The van der Waals surface area contributed by atoms with Gasteiger partial charge in [0.2, 0.25) is 5.91 Å². The molecule has 0 atom stereocenters. The number of hydrogen-bond donors (Lipinski definition) is 0. The van der Waals surface area contributed by atoms with Gasteiger partial charge >= 0.3 is 0 Å². The van der Waals surface area contributed by atoms with Crippen LogP contribution < -0.4 is 9.64 Å². The summed E-state index contributed by atoms with van der Waals surface area (Å²) in [6.07, 6.45) is 0.238. The number of carbonyl (C=O) groups is 1. The van der Waals surface area contributed by atoms with E-state index in [-0.39, 0.29) is 12.3 Å². The number of carbonyl (C=O) groups excluding carboxylic acids is 1. The Hall–Kier alpha value is -3.28. The number of ether oxygens (including phenoxy) is 1. The maximum absolute atomic E-state index is 12.6. The number of methoxy groups -OCH3 is 1. The molecule has 0 saturated carbocycles. The Kier molecular flexibility index (Phi) is 5.28. The lowest BCUT2D eigenvalue weighted by Gasteiger charge is -2.36. The van der Waals surface area contributed by atoms with E-state index in [0.717, 1.165) is 35.8 Å². The van der Waals surface area contributed by atoms with Gasteiger partial charge in [0.15, 0.2) is 0 Å². The number of nitrogens with zero attached hydrogens (tertiary/aromatic N) is 3. The highest BCUT2D eigenvalue weighted by molar-refractivity contribution is 5.79. The lowest BCUT2D eigenvalue weighted by molar-refractivity contribution is -0.131. The summed E-state index contributed by atoms with van der Waals surface area (Å²) < 4.78 is 10.6. The smallest absolute Gasteiger partial charge is 0.230 e. The van der Waals surface area contributed by atoms with Crippen LogP contribution in [0.5, 0.6) is 5.75 Å². The van der Waals surface area contributed by atoms with Crippen LogP contribution in [0.1, 0.15) is 5.76 Å². The molecule has 2 heterocycles. The van der Waals surface area contributed by atoms with E-state index >= 15 is 0 Å². The first-order valence-electron chi connectivity index (χ1n) is 9.41. The van der Waals surface area contributed by atoms with Gasteiger partial charge in [0, 0.05) is 43.5 Å². The van der Waals surface area contributed by atoms with Gasteiger partial charge in [-0.25, -0.2) is 0 Å². The Balaban J connectivity index is 1.32. The molecule has 2 aromatic carbocycles. The predicted molar refractivity (Wildman–Crippen MR) is 107 cm³/mol. The largest absolute Gasteiger partial charge is 0.497 e. The molecule has 6 heteroatoms. The van der Waals surface area contributed by atoms with Crippen molar-refractivity contribution in [2.24, 2.45) is 0 Å². The van der Waals surface area contributed by atoms with E-state index in [2.05, 4.69) is 22.2 Å². The van der Waals surface area contributed by atoms with Crippen LogP contribution in [-0.4, -0.2) is 49.3 Å².